The molecule has 1 heterocycles. The van der Waals surface area contributed by atoms with Gasteiger partial charge >= 0.3 is 6.18 Å². The molecule has 0 radical (unpaired) electrons. The van der Waals surface area contributed by atoms with E-state index >= 15 is 0 Å². The van der Waals surface area contributed by atoms with Gasteiger partial charge in [-0.3, -0.25) is 4.79 Å². The van der Waals surface area contributed by atoms with Crippen LogP contribution in [-0.2, 0) is 26.9 Å². The number of hydrogen-bond acceptors (Lipinski definition) is 4. The largest absolute Gasteiger partial charge is 0.459 e. The number of carbonyl (C=O) groups is 1. The minimum atomic E-state index is -4.43. The molecule has 3 rings (SSSR count). The lowest BCUT2D eigenvalue weighted by atomic mass is 9.80. The third-order valence-corrected chi connectivity index (χ3v) is 5.80. The number of benzene rings is 2. The number of nitrogens with one attached hydrogen (secondary N) is 1. The molecule has 0 bridgehead atoms. The molecule has 2 N–H and O–H groups in total. The Hall–Kier alpha value is -2.84. The predicted molar refractivity (Wildman–Crippen MR) is 122 cm³/mol. The van der Waals surface area contributed by atoms with Gasteiger partial charge < -0.3 is 19.9 Å². The average molecular weight is 478 g/mol. The zero-order valence-electron chi connectivity index (χ0n) is 19.1. The van der Waals surface area contributed by atoms with Crippen LogP contribution in [0.5, 0.6) is 0 Å². The number of carbonyl (C=O) groups excluding carboxylic acids is 1. The second kappa shape index (κ2) is 12.0. The second-order valence-electron chi connectivity index (χ2n) is 8.14. The molecule has 3 atom stereocenters. The zero-order chi connectivity index (χ0) is 24.6. The summed E-state index contributed by atoms with van der Waals surface area (Å²) in [5.41, 5.74) is 0.971. The number of aliphatic hydroxyl groups is 1. The molecule has 0 fully saturated rings. The summed E-state index contributed by atoms with van der Waals surface area (Å²) < 4.78 is 50.8. The van der Waals surface area contributed by atoms with Crippen molar-refractivity contribution in [2.75, 3.05) is 19.8 Å². The highest BCUT2D eigenvalue weighted by Gasteiger charge is 2.38. The van der Waals surface area contributed by atoms with Crippen LogP contribution in [0.2, 0.25) is 0 Å². The summed E-state index contributed by atoms with van der Waals surface area (Å²) in [5, 5.41) is 12.2. The third kappa shape index (κ3) is 6.84. The van der Waals surface area contributed by atoms with Gasteiger partial charge in [-0.2, -0.15) is 13.2 Å². The fourth-order valence-electron chi connectivity index (χ4n) is 4.09. The Morgan fingerprint density at radius 1 is 1.12 bits per heavy atom. The van der Waals surface area contributed by atoms with Gasteiger partial charge in [0.1, 0.15) is 0 Å². The van der Waals surface area contributed by atoms with E-state index in [1.165, 1.54) is 12.1 Å². The molecular weight excluding hydrogens is 447 g/mol. The summed E-state index contributed by atoms with van der Waals surface area (Å²) in [7, 11) is 0. The SMILES string of the molecule is CCO[C@H]1OC(C(=O)NCCc2ccccc2)=C[C@@H](c2ccc(C(F)(F)F)cc2)[C@@H]1CCCO. The standard InChI is InChI=1S/C26H30F3NO4/c1-2-33-25-21(9-6-16-31)22(19-10-12-20(13-11-19)26(27,28)29)17-23(34-25)24(32)30-15-14-18-7-4-3-5-8-18/h3-5,7-8,10-13,17,21-22,25,31H,2,6,9,14-16H2,1H3,(H,30,32)/t21-,22-,25-/m0/s1. The van der Waals surface area contributed by atoms with Crippen molar-refractivity contribution in [2.45, 2.75) is 44.6 Å². The molecule has 2 aromatic rings. The Morgan fingerprint density at radius 2 is 1.82 bits per heavy atom. The van der Waals surface area contributed by atoms with E-state index < -0.39 is 29.9 Å². The smallest absolute Gasteiger partial charge is 0.416 e. The summed E-state index contributed by atoms with van der Waals surface area (Å²) in [4.78, 5) is 12.9. The molecule has 1 amide bonds. The predicted octanol–water partition coefficient (Wildman–Crippen LogP) is 4.81. The Bertz CT molecular complexity index is 945. The van der Waals surface area contributed by atoms with Crippen LogP contribution in [0.3, 0.4) is 0 Å². The van der Waals surface area contributed by atoms with E-state index in [1.54, 1.807) is 13.0 Å². The molecule has 0 saturated carbocycles. The van der Waals surface area contributed by atoms with Gasteiger partial charge in [0, 0.05) is 31.6 Å². The topological polar surface area (TPSA) is 67.8 Å². The van der Waals surface area contributed by atoms with Gasteiger partial charge in [-0.25, -0.2) is 0 Å². The number of halogens is 3. The summed E-state index contributed by atoms with van der Waals surface area (Å²) >= 11 is 0. The lowest BCUT2D eigenvalue weighted by Gasteiger charge is -2.37. The van der Waals surface area contributed by atoms with Crippen LogP contribution in [0.1, 0.15) is 42.4 Å². The van der Waals surface area contributed by atoms with E-state index in [0.29, 0.717) is 38.0 Å². The van der Waals surface area contributed by atoms with E-state index in [-0.39, 0.29) is 18.3 Å². The van der Waals surface area contributed by atoms with Crippen LogP contribution in [0.4, 0.5) is 13.2 Å². The van der Waals surface area contributed by atoms with Crippen LogP contribution in [-0.4, -0.2) is 37.1 Å². The average Bonchev–Trinajstić information content (AvgIpc) is 2.83. The molecular formula is C26H30F3NO4. The normalized spacial score (nSPS) is 20.4. The van der Waals surface area contributed by atoms with Gasteiger partial charge in [0.15, 0.2) is 5.76 Å². The van der Waals surface area contributed by atoms with Crippen molar-refractivity contribution in [1.29, 1.82) is 0 Å². The summed E-state index contributed by atoms with van der Waals surface area (Å²) in [6.07, 6.45) is -1.90. The summed E-state index contributed by atoms with van der Waals surface area (Å²) in [6, 6.07) is 14.7. The number of amides is 1. The first-order chi connectivity index (χ1) is 16.3. The Morgan fingerprint density at radius 3 is 2.44 bits per heavy atom. The van der Waals surface area contributed by atoms with Gasteiger partial charge in [-0.1, -0.05) is 42.5 Å². The minimum Gasteiger partial charge on any atom is -0.459 e. The Balaban J connectivity index is 1.83. The van der Waals surface area contributed by atoms with Crippen LogP contribution >= 0.6 is 0 Å². The van der Waals surface area contributed by atoms with E-state index in [0.717, 1.165) is 17.7 Å². The molecule has 0 aromatic heterocycles. The maximum absolute atomic E-state index is 13.0. The van der Waals surface area contributed by atoms with E-state index in [4.69, 9.17) is 9.47 Å². The van der Waals surface area contributed by atoms with E-state index in [2.05, 4.69) is 5.32 Å². The molecule has 5 nitrogen and oxygen atoms in total. The van der Waals surface area contributed by atoms with Crippen molar-refractivity contribution in [1.82, 2.24) is 5.32 Å². The highest BCUT2D eigenvalue weighted by atomic mass is 19.4. The fraction of sp³-hybridized carbons (Fsp3) is 0.423. The number of allylic oxidation sites excluding steroid dienone is 1. The maximum atomic E-state index is 13.0. The third-order valence-electron chi connectivity index (χ3n) is 5.80. The molecule has 0 unspecified atom stereocenters. The molecule has 8 heteroatoms. The minimum absolute atomic E-state index is 0.0361. The molecule has 1 aliphatic rings. The zero-order valence-corrected chi connectivity index (χ0v) is 19.1. The van der Waals surface area contributed by atoms with Crippen molar-refractivity contribution < 1.29 is 32.5 Å². The van der Waals surface area contributed by atoms with Crippen LogP contribution < -0.4 is 5.32 Å². The van der Waals surface area contributed by atoms with Gasteiger partial charge in [0.05, 0.1) is 5.56 Å². The summed E-state index contributed by atoms with van der Waals surface area (Å²) in [6.45, 7) is 2.51. The lowest BCUT2D eigenvalue weighted by Crippen LogP contribution is -2.39. The molecule has 1 aliphatic heterocycles. The highest BCUT2D eigenvalue weighted by molar-refractivity contribution is 5.91. The first-order valence-electron chi connectivity index (χ1n) is 11.4. The number of alkyl halides is 3. The summed E-state index contributed by atoms with van der Waals surface area (Å²) in [5.74, 6) is -1.01. The molecule has 0 aliphatic carbocycles. The number of aliphatic hydroxyl groups excluding tert-OH is 1. The first kappa shape index (κ1) is 25.8. The fourth-order valence-corrected chi connectivity index (χ4v) is 4.09. The molecule has 184 valence electrons. The Labute approximate surface area is 197 Å². The van der Waals surface area contributed by atoms with Crippen molar-refractivity contribution in [3.63, 3.8) is 0 Å². The van der Waals surface area contributed by atoms with E-state index in [1.807, 2.05) is 30.3 Å². The van der Waals surface area contributed by atoms with Crippen LogP contribution in [0.15, 0.2) is 66.4 Å². The monoisotopic (exact) mass is 477 g/mol. The van der Waals surface area contributed by atoms with Gasteiger partial charge in [-0.15, -0.1) is 0 Å². The molecule has 34 heavy (non-hydrogen) atoms. The number of ether oxygens (including phenoxy) is 2. The van der Waals surface area contributed by atoms with Gasteiger partial charge in [-0.05, 0) is 55.5 Å². The Kier molecular flexibility index (Phi) is 9.12. The first-order valence-corrected chi connectivity index (χ1v) is 11.4. The van der Waals surface area contributed by atoms with Crippen molar-refractivity contribution in [3.05, 3.63) is 83.1 Å². The molecule has 0 saturated heterocycles. The number of rotatable bonds is 10. The van der Waals surface area contributed by atoms with E-state index in [9.17, 15) is 23.1 Å². The van der Waals surface area contributed by atoms with Gasteiger partial charge in [0.2, 0.25) is 6.29 Å². The van der Waals surface area contributed by atoms with Gasteiger partial charge in [0.25, 0.3) is 5.91 Å². The van der Waals surface area contributed by atoms with Crippen LogP contribution in [0, 0.1) is 5.92 Å². The second-order valence-corrected chi connectivity index (χ2v) is 8.14. The van der Waals surface area contributed by atoms with Crippen molar-refractivity contribution in [3.8, 4) is 0 Å². The van der Waals surface area contributed by atoms with Crippen molar-refractivity contribution in [2.24, 2.45) is 5.92 Å². The maximum Gasteiger partial charge on any atom is 0.416 e. The molecule has 0 spiro atoms. The number of hydrogen-bond donors (Lipinski definition) is 2. The van der Waals surface area contributed by atoms with Crippen molar-refractivity contribution >= 4 is 5.91 Å². The lowest BCUT2D eigenvalue weighted by molar-refractivity contribution is -0.166. The quantitative estimate of drug-likeness (QED) is 0.515. The van der Waals surface area contributed by atoms with Crippen LogP contribution in [0.25, 0.3) is 0 Å². The highest BCUT2D eigenvalue weighted by Crippen LogP contribution is 2.40. The molecule has 2 aromatic carbocycles.